The van der Waals surface area contributed by atoms with E-state index in [0.29, 0.717) is 17.6 Å². The minimum Gasteiger partial charge on any atom is -0.372 e. The molecule has 0 saturated carbocycles. The molecule has 0 radical (unpaired) electrons. The maximum atomic E-state index is 5.69. The van der Waals surface area contributed by atoms with Crippen LogP contribution in [0.3, 0.4) is 0 Å². The Morgan fingerprint density at radius 2 is 1.12 bits per heavy atom. The number of nitrogens with zero attached hydrogens (tertiary/aromatic N) is 6. The van der Waals surface area contributed by atoms with Crippen LogP contribution in [-0.4, -0.2) is 67.4 Å². The highest BCUT2D eigenvalue weighted by Gasteiger charge is 2.22. The summed E-state index contributed by atoms with van der Waals surface area (Å²) in [6.45, 7) is 8.81. The van der Waals surface area contributed by atoms with Gasteiger partial charge in [0, 0.05) is 76.3 Å². The largest absolute Gasteiger partial charge is 0.372 e. The van der Waals surface area contributed by atoms with E-state index in [2.05, 4.69) is 90.9 Å². The molecule has 0 bridgehead atoms. The zero-order valence-electron chi connectivity index (χ0n) is 24.0. The Bertz CT molecular complexity index is 1260. The number of benzene rings is 2. The van der Waals surface area contributed by atoms with Gasteiger partial charge in [-0.05, 0) is 67.7 Å². The molecule has 2 aromatic carbocycles. The van der Waals surface area contributed by atoms with Crippen LogP contribution < -0.4 is 30.2 Å². The summed E-state index contributed by atoms with van der Waals surface area (Å²) in [4.78, 5) is 19.6. The molecule has 0 aliphatic carbocycles. The molecule has 0 spiro atoms. The van der Waals surface area contributed by atoms with E-state index < -0.39 is 0 Å². The molecule has 3 aliphatic heterocycles. The molecule has 216 valence electrons. The normalized spacial score (nSPS) is 17.9. The summed E-state index contributed by atoms with van der Waals surface area (Å²) in [5.74, 6) is 2.52. The zero-order valence-corrected chi connectivity index (χ0v) is 24.8. The lowest BCUT2D eigenvalue weighted by Gasteiger charge is -2.37. The lowest BCUT2D eigenvalue weighted by Crippen LogP contribution is -2.47. The summed E-state index contributed by atoms with van der Waals surface area (Å²) in [5.41, 5.74) is 3.79. The molecular weight excluding hydrogens is 528 g/mol. The van der Waals surface area contributed by atoms with Gasteiger partial charge in [0.2, 0.25) is 5.95 Å². The predicted octanol–water partition coefficient (Wildman–Crippen LogP) is 5.27. The van der Waals surface area contributed by atoms with Crippen LogP contribution in [0.4, 0.5) is 29.0 Å². The Morgan fingerprint density at radius 1 is 0.610 bits per heavy atom. The van der Waals surface area contributed by atoms with Crippen LogP contribution in [0.5, 0.6) is 0 Å². The van der Waals surface area contributed by atoms with Gasteiger partial charge in [-0.2, -0.15) is 9.97 Å². The Morgan fingerprint density at radius 3 is 1.78 bits per heavy atom. The quantitative estimate of drug-likeness (QED) is 0.370. The van der Waals surface area contributed by atoms with Crippen LogP contribution in [0.15, 0.2) is 60.7 Å². The maximum Gasteiger partial charge on any atom is 0.232 e. The van der Waals surface area contributed by atoms with E-state index in [-0.39, 0.29) is 0 Å². The van der Waals surface area contributed by atoms with Gasteiger partial charge in [-0.3, -0.25) is 0 Å². The molecule has 3 aromatic rings. The van der Waals surface area contributed by atoms with Gasteiger partial charge in [0.05, 0.1) is 0 Å². The number of rotatable bonds is 7. The molecule has 3 saturated heterocycles. The topological polar surface area (TPSA) is 62.8 Å². The lowest BCUT2D eigenvalue weighted by molar-refractivity contribution is 0.646. The first-order valence-corrected chi connectivity index (χ1v) is 15.7. The summed E-state index contributed by atoms with van der Waals surface area (Å²) in [5, 5.41) is 7.21. The van der Waals surface area contributed by atoms with Gasteiger partial charge in [0.15, 0.2) is 5.11 Å². The number of hydrogen-bond donors (Lipinski definition) is 2. The maximum absolute atomic E-state index is 5.69. The van der Waals surface area contributed by atoms with Crippen LogP contribution in [0, 0.1) is 0 Å². The van der Waals surface area contributed by atoms with E-state index in [1.54, 1.807) is 0 Å². The Kier molecular flexibility index (Phi) is 9.00. The fourth-order valence-electron chi connectivity index (χ4n) is 6.06. The number of hydrogen-bond acceptors (Lipinski definition) is 7. The van der Waals surface area contributed by atoms with Crippen molar-refractivity contribution in [3.05, 3.63) is 66.2 Å². The molecule has 0 amide bonds. The molecule has 0 atom stereocenters. The first kappa shape index (κ1) is 27.6. The van der Waals surface area contributed by atoms with Crippen LogP contribution in [0.1, 0.15) is 44.1 Å². The summed E-state index contributed by atoms with van der Waals surface area (Å²) in [6.07, 6.45) is 7.55. The van der Waals surface area contributed by atoms with E-state index in [1.165, 1.54) is 55.5 Å². The van der Waals surface area contributed by atoms with Crippen molar-refractivity contribution >= 4 is 46.3 Å². The third-order valence-electron chi connectivity index (χ3n) is 8.44. The molecular formula is C32H42N8S. The van der Waals surface area contributed by atoms with E-state index in [0.717, 1.165) is 64.0 Å². The standard InChI is InChI=1S/C32H42N8S/c41-32(33-25-26-12-14-28(15-13-26)37-16-8-9-17-37)36-31-34-29(39-18-6-1-2-7-19-39)24-30(35-31)40-22-20-38(21-23-40)27-10-4-3-5-11-27/h3-5,10-15,24H,1-2,6-9,16-23,25H2,(H2,33,34,35,36,41). The number of nitrogens with one attached hydrogen (secondary N) is 2. The Hall–Kier alpha value is -3.59. The smallest absolute Gasteiger partial charge is 0.232 e. The van der Waals surface area contributed by atoms with Crippen LogP contribution in [-0.2, 0) is 6.54 Å². The monoisotopic (exact) mass is 570 g/mol. The van der Waals surface area contributed by atoms with Gasteiger partial charge in [-0.15, -0.1) is 0 Å². The summed E-state index contributed by atoms with van der Waals surface area (Å²) < 4.78 is 0. The van der Waals surface area contributed by atoms with E-state index >= 15 is 0 Å². The average Bonchev–Trinajstić information content (AvgIpc) is 3.43. The van der Waals surface area contributed by atoms with Gasteiger partial charge in [-0.1, -0.05) is 43.2 Å². The molecule has 1 aromatic heterocycles. The molecule has 2 N–H and O–H groups in total. The number of piperazine rings is 1. The van der Waals surface area contributed by atoms with E-state index in [1.807, 2.05) is 0 Å². The fourth-order valence-corrected chi connectivity index (χ4v) is 6.23. The fraction of sp³-hybridized carbons (Fsp3) is 0.469. The minimum absolute atomic E-state index is 0.543. The number of para-hydroxylation sites is 1. The van der Waals surface area contributed by atoms with Crippen LogP contribution in [0.25, 0.3) is 0 Å². The van der Waals surface area contributed by atoms with Gasteiger partial charge in [0.1, 0.15) is 11.6 Å². The lowest BCUT2D eigenvalue weighted by atomic mass is 10.2. The van der Waals surface area contributed by atoms with Crippen LogP contribution >= 0.6 is 12.2 Å². The van der Waals surface area contributed by atoms with Crippen molar-refractivity contribution in [2.24, 2.45) is 0 Å². The molecule has 9 heteroatoms. The van der Waals surface area contributed by atoms with Crippen molar-refractivity contribution in [3.63, 3.8) is 0 Å². The second-order valence-electron chi connectivity index (χ2n) is 11.3. The van der Waals surface area contributed by atoms with Crippen LogP contribution in [0.2, 0.25) is 0 Å². The summed E-state index contributed by atoms with van der Waals surface area (Å²) in [7, 11) is 0. The minimum atomic E-state index is 0.543. The number of anilines is 5. The van der Waals surface area contributed by atoms with Gasteiger partial charge < -0.3 is 30.2 Å². The van der Waals surface area contributed by atoms with Gasteiger partial charge in [-0.25, -0.2) is 0 Å². The van der Waals surface area contributed by atoms with Crippen molar-refractivity contribution in [2.45, 2.75) is 45.1 Å². The Balaban J connectivity index is 1.12. The highest BCUT2D eigenvalue weighted by Crippen LogP contribution is 2.26. The first-order valence-electron chi connectivity index (χ1n) is 15.3. The molecule has 0 unspecified atom stereocenters. The molecule has 41 heavy (non-hydrogen) atoms. The van der Waals surface area contributed by atoms with Crippen molar-refractivity contribution in [3.8, 4) is 0 Å². The highest BCUT2D eigenvalue weighted by atomic mass is 32.1. The van der Waals surface area contributed by atoms with Crippen molar-refractivity contribution in [1.29, 1.82) is 0 Å². The molecule has 6 rings (SSSR count). The van der Waals surface area contributed by atoms with Gasteiger partial charge in [0.25, 0.3) is 0 Å². The zero-order chi connectivity index (χ0) is 27.9. The van der Waals surface area contributed by atoms with Crippen molar-refractivity contribution < 1.29 is 0 Å². The number of aromatic nitrogens is 2. The van der Waals surface area contributed by atoms with Crippen molar-refractivity contribution in [1.82, 2.24) is 15.3 Å². The molecule has 8 nitrogen and oxygen atoms in total. The second kappa shape index (κ2) is 13.4. The van der Waals surface area contributed by atoms with Crippen molar-refractivity contribution in [2.75, 3.05) is 77.3 Å². The van der Waals surface area contributed by atoms with E-state index in [4.69, 9.17) is 22.2 Å². The van der Waals surface area contributed by atoms with Gasteiger partial charge >= 0.3 is 0 Å². The second-order valence-corrected chi connectivity index (χ2v) is 11.7. The Labute approximate surface area is 249 Å². The summed E-state index contributed by atoms with van der Waals surface area (Å²) >= 11 is 5.69. The third-order valence-corrected chi connectivity index (χ3v) is 8.69. The molecule has 4 heterocycles. The molecule has 3 aliphatic rings. The highest BCUT2D eigenvalue weighted by molar-refractivity contribution is 7.80. The first-order chi connectivity index (χ1) is 20.2. The van der Waals surface area contributed by atoms with E-state index in [9.17, 15) is 0 Å². The predicted molar refractivity (Wildman–Crippen MR) is 175 cm³/mol. The average molecular weight is 571 g/mol. The molecule has 3 fully saturated rings. The number of thiocarbonyl (C=S) groups is 1. The third kappa shape index (κ3) is 7.19. The summed E-state index contributed by atoms with van der Waals surface area (Å²) in [6, 6.07) is 21.7. The SMILES string of the molecule is S=C(NCc1ccc(N2CCCC2)cc1)Nc1nc(N2CCCCCC2)cc(N2CCN(c3ccccc3)CC2)n1.